The summed E-state index contributed by atoms with van der Waals surface area (Å²) in [6.07, 6.45) is 1.77. The third-order valence-electron chi connectivity index (χ3n) is 4.97. The fourth-order valence-corrected chi connectivity index (χ4v) is 3.68. The Morgan fingerprint density at radius 1 is 1.29 bits per heavy atom. The molecular weight excluding hydrogens is 469 g/mol. The van der Waals surface area contributed by atoms with Crippen molar-refractivity contribution < 1.29 is 18.0 Å². The molecule has 1 N–H and O–H groups in total. The topological polar surface area (TPSA) is 98.5 Å². The molecule has 0 radical (unpaired) electrons. The third kappa shape index (κ3) is 4.95. The summed E-state index contributed by atoms with van der Waals surface area (Å²) in [5.74, 6) is 0.446. The fraction of sp³-hybridized carbons (Fsp3) is 0.286. The highest BCUT2D eigenvalue weighted by Crippen LogP contribution is 2.29. The van der Waals surface area contributed by atoms with Crippen LogP contribution < -0.4 is 10.2 Å². The number of hydrogen-bond acceptors (Lipinski definition) is 7. The van der Waals surface area contributed by atoms with Crippen LogP contribution in [0.4, 0.5) is 16.0 Å². The summed E-state index contributed by atoms with van der Waals surface area (Å²) in [6.45, 7) is 3.20. The minimum absolute atomic E-state index is 0.166. The molecule has 1 amide bonds. The van der Waals surface area contributed by atoms with Crippen LogP contribution in [0.15, 0.2) is 49.9 Å². The summed E-state index contributed by atoms with van der Waals surface area (Å²) in [6, 6.07) is 10.0. The smallest absolute Gasteiger partial charge is 0.266 e. The zero-order valence-electron chi connectivity index (χ0n) is 16.5. The average Bonchev–Trinajstić information content (AvgIpc) is 3.44. The van der Waals surface area contributed by atoms with Crippen LogP contribution in [0.5, 0.6) is 0 Å². The Hall–Kier alpha value is -3.16. The lowest BCUT2D eigenvalue weighted by molar-refractivity contribution is -0.116. The lowest BCUT2D eigenvalue weighted by Crippen LogP contribution is -2.47. The average molecular weight is 488 g/mol. The maximum atomic E-state index is 13.9. The van der Waals surface area contributed by atoms with Gasteiger partial charge in [0.2, 0.25) is 17.5 Å². The van der Waals surface area contributed by atoms with Gasteiger partial charge in [-0.1, -0.05) is 15.9 Å². The van der Waals surface area contributed by atoms with Crippen molar-refractivity contribution in [2.45, 2.75) is 6.42 Å². The number of nitrogens with zero attached hydrogens (tertiary/aromatic N) is 4. The standard InChI is InChI=1S/C21H19BrFN5O3/c22-14-3-4-16(15(23)12-14)25-19(29)5-6-27-7-9-28(10-8-27)21-17(13-24)26-20(31-21)18-2-1-11-30-18/h1-4,11-12H,5-10H2,(H,25,29). The number of anilines is 2. The van der Waals surface area contributed by atoms with Crippen LogP contribution in [0.3, 0.4) is 0 Å². The quantitative estimate of drug-likeness (QED) is 0.563. The lowest BCUT2D eigenvalue weighted by Gasteiger charge is -2.34. The molecule has 0 atom stereocenters. The molecular formula is C21H19BrFN5O3. The highest BCUT2D eigenvalue weighted by molar-refractivity contribution is 9.10. The number of carbonyl (C=O) groups is 1. The van der Waals surface area contributed by atoms with E-state index in [9.17, 15) is 14.4 Å². The molecule has 2 aromatic heterocycles. The third-order valence-corrected chi connectivity index (χ3v) is 5.46. The first kappa shape index (κ1) is 21.1. The minimum Gasteiger partial charge on any atom is -0.459 e. The van der Waals surface area contributed by atoms with Crippen molar-refractivity contribution in [3.8, 4) is 17.7 Å². The molecule has 0 unspecified atom stereocenters. The van der Waals surface area contributed by atoms with Crippen LogP contribution in [0.25, 0.3) is 11.7 Å². The van der Waals surface area contributed by atoms with Crippen molar-refractivity contribution in [2.24, 2.45) is 0 Å². The molecule has 0 spiro atoms. The first-order valence-electron chi connectivity index (χ1n) is 9.70. The largest absolute Gasteiger partial charge is 0.459 e. The van der Waals surface area contributed by atoms with Gasteiger partial charge in [-0.05, 0) is 30.3 Å². The molecule has 0 bridgehead atoms. The summed E-state index contributed by atoms with van der Waals surface area (Å²) < 4.78 is 25.6. The minimum atomic E-state index is -0.481. The van der Waals surface area contributed by atoms with Gasteiger partial charge in [0.25, 0.3) is 5.89 Å². The predicted molar refractivity (Wildman–Crippen MR) is 115 cm³/mol. The molecule has 10 heteroatoms. The second-order valence-corrected chi connectivity index (χ2v) is 7.93. The second kappa shape index (κ2) is 9.32. The van der Waals surface area contributed by atoms with Crippen molar-refractivity contribution in [3.63, 3.8) is 0 Å². The first-order valence-corrected chi connectivity index (χ1v) is 10.5. The van der Waals surface area contributed by atoms with Crippen LogP contribution in [-0.2, 0) is 4.79 Å². The Balaban J connectivity index is 1.29. The highest BCUT2D eigenvalue weighted by atomic mass is 79.9. The van der Waals surface area contributed by atoms with E-state index in [1.165, 1.54) is 18.4 Å². The van der Waals surface area contributed by atoms with E-state index in [2.05, 4.69) is 37.2 Å². The molecule has 1 aliphatic heterocycles. The molecule has 0 saturated carbocycles. The number of halogens is 2. The number of aromatic nitrogens is 1. The van der Waals surface area contributed by atoms with E-state index in [1.54, 1.807) is 18.2 Å². The van der Waals surface area contributed by atoms with Crippen LogP contribution in [-0.4, -0.2) is 48.5 Å². The van der Waals surface area contributed by atoms with Gasteiger partial charge in [0, 0.05) is 43.6 Å². The first-order chi connectivity index (χ1) is 15.0. The van der Waals surface area contributed by atoms with E-state index in [0.29, 0.717) is 48.8 Å². The number of hydrogen-bond donors (Lipinski definition) is 1. The summed E-state index contributed by atoms with van der Waals surface area (Å²) in [5, 5.41) is 12.0. The van der Waals surface area contributed by atoms with Crippen LogP contribution in [0.1, 0.15) is 12.1 Å². The molecule has 0 aliphatic carbocycles. The molecule has 3 heterocycles. The van der Waals surface area contributed by atoms with Crippen molar-refractivity contribution in [2.75, 3.05) is 42.9 Å². The second-order valence-electron chi connectivity index (χ2n) is 7.01. The summed E-state index contributed by atoms with van der Waals surface area (Å²) in [5.41, 5.74) is 0.385. The Labute approximate surface area is 186 Å². The van der Waals surface area contributed by atoms with Gasteiger partial charge in [0.05, 0.1) is 12.0 Å². The normalized spacial score (nSPS) is 14.4. The van der Waals surface area contributed by atoms with Crippen molar-refractivity contribution >= 4 is 33.4 Å². The number of piperazine rings is 1. The zero-order chi connectivity index (χ0) is 21.8. The van der Waals surface area contributed by atoms with Gasteiger partial charge in [-0.2, -0.15) is 10.2 Å². The summed E-state index contributed by atoms with van der Waals surface area (Å²) in [4.78, 5) is 20.5. The molecule has 1 aliphatic rings. The number of amides is 1. The van der Waals surface area contributed by atoms with Crippen LogP contribution in [0, 0.1) is 17.1 Å². The van der Waals surface area contributed by atoms with Crippen molar-refractivity contribution in [1.29, 1.82) is 5.26 Å². The maximum Gasteiger partial charge on any atom is 0.266 e. The molecule has 160 valence electrons. The van der Waals surface area contributed by atoms with Gasteiger partial charge in [0.15, 0.2) is 5.76 Å². The summed E-state index contributed by atoms with van der Waals surface area (Å²) >= 11 is 3.19. The van der Waals surface area contributed by atoms with E-state index in [4.69, 9.17) is 8.83 Å². The van der Waals surface area contributed by atoms with Gasteiger partial charge < -0.3 is 19.1 Å². The number of carbonyl (C=O) groups excluding carboxylic acids is 1. The van der Waals surface area contributed by atoms with Crippen molar-refractivity contribution in [1.82, 2.24) is 9.88 Å². The molecule has 1 aromatic carbocycles. The SMILES string of the molecule is N#Cc1nc(-c2ccco2)oc1N1CCN(CCC(=O)Nc2ccc(Br)cc2F)CC1. The van der Waals surface area contributed by atoms with Crippen LogP contribution >= 0.6 is 15.9 Å². The maximum absolute atomic E-state index is 13.9. The lowest BCUT2D eigenvalue weighted by atomic mass is 10.2. The summed E-state index contributed by atoms with van der Waals surface area (Å²) in [7, 11) is 0. The highest BCUT2D eigenvalue weighted by Gasteiger charge is 2.25. The molecule has 8 nitrogen and oxygen atoms in total. The molecule has 1 saturated heterocycles. The van der Waals surface area contributed by atoms with E-state index in [0.717, 1.165) is 0 Å². The molecule has 3 aromatic rings. The number of nitrogens with one attached hydrogen (secondary N) is 1. The van der Waals surface area contributed by atoms with Gasteiger partial charge >= 0.3 is 0 Å². The Bertz CT molecular complexity index is 1100. The molecule has 31 heavy (non-hydrogen) atoms. The Morgan fingerprint density at radius 2 is 2.10 bits per heavy atom. The van der Waals surface area contributed by atoms with Gasteiger partial charge in [-0.15, -0.1) is 0 Å². The van der Waals surface area contributed by atoms with Crippen LogP contribution in [0.2, 0.25) is 0 Å². The Kier molecular flexibility index (Phi) is 6.34. The Morgan fingerprint density at radius 3 is 2.77 bits per heavy atom. The molecule has 1 fully saturated rings. The monoisotopic (exact) mass is 487 g/mol. The number of nitriles is 1. The number of benzene rings is 1. The number of oxazole rings is 1. The van der Waals surface area contributed by atoms with Gasteiger partial charge in [-0.25, -0.2) is 4.39 Å². The zero-order valence-corrected chi connectivity index (χ0v) is 18.1. The fourth-order valence-electron chi connectivity index (χ4n) is 3.34. The van der Waals surface area contributed by atoms with E-state index < -0.39 is 5.82 Å². The number of rotatable bonds is 6. The number of furan rings is 1. The van der Waals surface area contributed by atoms with E-state index >= 15 is 0 Å². The van der Waals surface area contributed by atoms with E-state index in [-0.39, 0.29) is 29.6 Å². The van der Waals surface area contributed by atoms with Gasteiger partial charge in [0.1, 0.15) is 11.9 Å². The van der Waals surface area contributed by atoms with Gasteiger partial charge in [-0.3, -0.25) is 9.69 Å². The predicted octanol–water partition coefficient (Wildman–Crippen LogP) is 3.86. The van der Waals surface area contributed by atoms with Crippen molar-refractivity contribution in [3.05, 3.63) is 52.6 Å². The molecule has 4 rings (SSSR count). The van der Waals surface area contributed by atoms with E-state index in [1.807, 2.05) is 4.90 Å².